The van der Waals surface area contributed by atoms with Crippen LogP contribution in [0.1, 0.15) is 12.6 Å². The molecule has 0 saturated heterocycles. The summed E-state index contributed by atoms with van der Waals surface area (Å²) in [6.45, 7) is 1.92. The lowest BCUT2D eigenvalue weighted by Crippen LogP contribution is -2.06. The number of hydrogen-bond donors (Lipinski definition) is 1. The minimum Gasteiger partial charge on any atom is -0.322 e. The summed E-state index contributed by atoms with van der Waals surface area (Å²) in [4.78, 5) is 14.4. The van der Waals surface area contributed by atoms with Crippen molar-refractivity contribution in [2.45, 2.75) is 6.92 Å². The van der Waals surface area contributed by atoms with Crippen LogP contribution in [0.4, 0.5) is 0 Å². The molecule has 2 heteroatoms. The van der Waals surface area contributed by atoms with E-state index in [2.05, 4.69) is 4.98 Å². The predicted octanol–water partition coefficient (Wildman–Crippen LogP) is 2.56. The fourth-order valence-electron chi connectivity index (χ4n) is 1.50. The van der Waals surface area contributed by atoms with Crippen LogP contribution in [-0.4, -0.2) is 4.98 Å². The Morgan fingerprint density at radius 3 is 2.86 bits per heavy atom. The molecule has 0 aliphatic carbocycles. The molecule has 0 saturated carbocycles. The van der Waals surface area contributed by atoms with E-state index in [1.807, 2.05) is 49.4 Å². The molecule has 0 radical (unpaired) electrons. The normalized spacial score (nSPS) is 11.2. The molecule has 1 aromatic heterocycles. The maximum absolute atomic E-state index is 11.6. The molecule has 2 nitrogen and oxygen atoms in total. The number of nitrogens with one attached hydrogen (secondary N) is 1. The van der Waals surface area contributed by atoms with Gasteiger partial charge in [-0.15, -0.1) is 0 Å². The number of aromatic nitrogens is 1. The van der Waals surface area contributed by atoms with Crippen molar-refractivity contribution in [2.75, 3.05) is 0 Å². The van der Waals surface area contributed by atoms with Crippen molar-refractivity contribution in [3.63, 3.8) is 0 Å². The van der Waals surface area contributed by atoms with Crippen molar-refractivity contribution in [2.24, 2.45) is 0 Å². The topological polar surface area (TPSA) is 32.9 Å². The Morgan fingerprint density at radius 2 is 2.07 bits per heavy atom. The average molecular weight is 185 g/mol. The van der Waals surface area contributed by atoms with Gasteiger partial charge >= 0.3 is 0 Å². The van der Waals surface area contributed by atoms with E-state index in [4.69, 9.17) is 0 Å². The van der Waals surface area contributed by atoms with Crippen molar-refractivity contribution >= 4 is 16.8 Å². The number of benzene rings is 1. The SMILES string of the molecule is C/C=C/c1cc2ccccc2c(=O)[nH]1. The molecule has 1 heterocycles. The van der Waals surface area contributed by atoms with Gasteiger partial charge in [0.1, 0.15) is 0 Å². The summed E-state index contributed by atoms with van der Waals surface area (Å²) in [5, 5.41) is 1.71. The van der Waals surface area contributed by atoms with E-state index in [1.165, 1.54) is 0 Å². The molecule has 0 bridgehead atoms. The fourth-order valence-corrected chi connectivity index (χ4v) is 1.50. The van der Waals surface area contributed by atoms with Gasteiger partial charge in [-0.2, -0.15) is 0 Å². The van der Waals surface area contributed by atoms with Crippen LogP contribution >= 0.6 is 0 Å². The second-order valence-electron chi connectivity index (χ2n) is 3.14. The molecule has 0 fully saturated rings. The van der Waals surface area contributed by atoms with E-state index in [0.717, 1.165) is 16.5 Å². The fraction of sp³-hybridized carbons (Fsp3) is 0.0833. The third kappa shape index (κ3) is 1.46. The third-order valence-corrected chi connectivity index (χ3v) is 2.12. The van der Waals surface area contributed by atoms with Crippen molar-refractivity contribution in [1.29, 1.82) is 0 Å². The number of rotatable bonds is 1. The molecule has 0 amide bonds. The van der Waals surface area contributed by atoms with Crippen molar-refractivity contribution in [1.82, 2.24) is 4.98 Å². The first-order chi connectivity index (χ1) is 6.81. The van der Waals surface area contributed by atoms with Gasteiger partial charge in [-0.1, -0.05) is 24.3 Å². The Kier molecular flexibility index (Phi) is 2.19. The summed E-state index contributed by atoms with van der Waals surface area (Å²) < 4.78 is 0. The second kappa shape index (κ2) is 3.50. The molecule has 0 atom stereocenters. The van der Waals surface area contributed by atoms with Gasteiger partial charge in [-0.25, -0.2) is 0 Å². The molecular formula is C12H11NO. The summed E-state index contributed by atoms with van der Waals surface area (Å²) in [5.41, 5.74) is 0.812. The molecule has 1 N–H and O–H groups in total. The van der Waals surface area contributed by atoms with E-state index >= 15 is 0 Å². The van der Waals surface area contributed by atoms with E-state index in [-0.39, 0.29) is 5.56 Å². The van der Waals surface area contributed by atoms with Gasteiger partial charge in [-0.05, 0) is 30.5 Å². The van der Waals surface area contributed by atoms with Crippen LogP contribution in [0.5, 0.6) is 0 Å². The highest BCUT2D eigenvalue weighted by atomic mass is 16.1. The lowest BCUT2D eigenvalue weighted by atomic mass is 10.1. The number of H-pyrrole nitrogens is 1. The van der Waals surface area contributed by atoms with E-state index in [0.29, 0.717) is 0 Å². The van der Waals surface area contributed by atoms with Gasteiger partial charge in [-0.3, -0.25) is 4.79 Å². The first-order valence-corrected chi connectivity index (χ1v) is 4.56. The van der Waals surface area contributed by atoms with Crippen LogP contribution in [0.25, 0.3) is 16.8 Å². The smallest absolute Gasteiger partial charge is 0.256 e. The second-order valence-corrected chi connectivity index (χ2v) is 3.14. The van der Waals surface area contributed by atoms with Crippen LogP contribution in [-0.2, 0) is 0 Å². The standard InChI is InChI=1S/C12H11NO/c1-2-5-10-8-9-6-3-4-7-11(9)12(14)13-10/h2-8H,1H3,(H,13,14)/b5-2+. The maximum Gasteiger partial charge on any atom is 0.256 e. The summed E-state index contributed by atoms with van der Waals surface area (Å²) in [5.74, 6) is 0. The van der Waals surface area contributed by atoms with Gasteiger partial charge < -0.3 is 4.98 Å². The molecule has 0 unspecified atom stereocenters. The highest BCUT2D eigenvalue weighted by Crippen LogP contribution is 2.10. The quantitative estimate of drug-likeness (QED) is 0.727. The third-order valence-electron chi connectivity index (χ3n) is 2.12. The van der Waals surface area contributed by atoms with Crippen LogP contribution in [0.15, 0.2) is 41.2 Å². The van der Waals surface area contributed by atoms with E-state index in [9.17, 15) is 4.79 Å². The van der Waals surface area contributed by atoms with Crippen molar-refractivity contribution < 1.29 is 0 Å². The molecule has 2 aromatic rings. The summed E-state index contributed by atoms with van der Waals surface area (Å²) in [6, 6.07) is 9.54. The van der Waals surface area contributed by atoms with E-state index in [1.54, 1.807) is 0 Å². The summed E-state index contributed by atoms with van der Waals surface area (Å²) >= 11 is 0. The number of allylic oxidation sites excluding steroid dienone is 1. The Bertz CT molecular complexity index is 537. The largest absolute Gasteiger partial charge is 0.322 e. The van der Waals surface area contributed by atoms with Crippen molar-refractivity contribution in [3.05, 3.63) is 52.5 Å². The number of hydrogen-bond acceptors (Lipinski definition) is 1. The minimum atomic E-state index is -0.0313. The molecule has 70 valence electrons. The average Bonchev–Trinajstić information content (AvgIpc) is 2.18. The van der Waals surface area contributed by atoms with Gasteiger partial charge in [0.2, 0.25) is 0 Å². The molecule has 0 aliphatic rings. The molecule has 0 aliphatic heterocycles. The number of pyridine rings is 1. The number of fused-ring (bicyclic) bond motifs is 1. The van der Waals surface area contributed by atoms with Gasteiger partial charge in [0.25, 0.3) is 5.56 Å². The lowest BCUT2D eigenvalue weighted by Gasteiger charge is -1.98. The van der Waals surface area contributed by atoms with Gasteiger partial charge in [0, 0.05) is 11.1 Å². The first-order valence-electron chi connectivity index (χ1n) is 4.56. The Hall–Kier alpha value is -1.83. The zero-order chi connectivity index (χ0) is 9.97. The van der Waals surface area contributed by atoms with Crippen LogP contribution in [0.2, 0.25) is 0 Å². The maximum atomic E-state index is 11.6. The predicted molar refractivity (Wildman–Crippen MR) is 59.3 cm³/mol. The molecule has 0 spiro atoms. The highest BCUT2D eigenvalue weighted by molar-refractivity contribution is 5.82. The zero-order valence-corrected chi connectivity index (χ0v) is 7.95. The molecule has 14 heavy (non-hydrogen) atoms. The lowest BCUT2D eigenvalue weighted by molar-refractivity contribution is 1.25. The molecule has 1 aromatic carbocycles. The summed E-state index contributed by atoms with van der Waals surface area (Å²) in [6.07, 6.45) is 3.79. The van der Waals surface area contributed by atoms with Crippen molar-refractivity contribution in [3.8, 4) is 0 Å². The molecule has 2 rings (SSSR count). The summed E-state index contributed by atoms with van der Waals surface area (Å²) in [7, 11) is 0. The Morgan fingerprint density at radius 1 is 1.29 bits per heavy atom. The highest BCUT2D eigenvalue weighted by Gasteiger charge is 1.97. The monoisotopic (exact) mass is 185 g/mol. The Labute approximate surface area is 81.9 Å². The minimum absolute atomic E-state index is 0.0313. The van der Waals surface area contributed by atoms with Crippen LogP contribution in [0.3, 0.4) is 0 Å². The van der Waals surface area contributed by atoms with Crippen LogP contribution in [0, 0.1) is 0 Å². The zero-order valence-electron chi connectivity index (χ0n) is 7.95. The Balaban J connectivity index is 2.79. The van der Waals surface area contributed by atoms with Gasteiger partial charge in [0.05, 0.1) is 0 Å². The van der Waals surface area contributed by atoms with Crippen LogP contribution < -0.4 is 5.56 Å². The van der Waals surface area contributed by atoms with Gasteiger partial charge in [0.15, 0.2) is 0 Å². The number of aromatic amines is 1. The first kappa shape index (κ1) is 8.75. The van der Waals surface area contributed by atoms with E-state index < -0.39 is 0 Å². The molecular weight excluding hydrogens is 174 g/mol.